The monoisotopic (exact) mass is 328 g/mol. The summed E-state index contributed by atoms with van der Waals surface area (Å²) in [5.41, 5.74) is 3.69. The highest BCUT2D eigenvalue weighted by molar-refractivity contribution is 5.66. The lowest BCUT2D eigenvalue weighted by Crippen LogP contribution is -2.26. The smallest absolute Gasteiger partial charge is 0.251 e. The highest BCUT2D eigenvalue weighted by Gasteiger charge is 2.20. The molecule has 1 aliphatic rings. The van der Waals surface area contributed by atoms with E-state index in [2.05, 4.69) is 49.7 Å². The molecular formula is C19H16N6. The molecule has 1 N–H and O–H groups in total. The predicted molar refractivity (Wildman–Crippen MR) is 96.0 cm³/mol. The summed E-state index contributed by atoms with van der Waals surface area (Å²) in [5, 5.41) is 20.7. The lowest BCUT2D eigenvalue weighted by Gasteiger charge is -2.29. The van der Waals surface area contributed by atoms with E-state index < -0.39 is 0 Å². The zero-order valence-corrected chi connectivity index (χ0v) is 13.6. The van der Waals surface area contributed by atoms with Crippen LogP contribution in [-0.4, -0.2) is 21.7 Å². The normalized spacial score (nSPS) is 13.0. The number of benzene rings is 2. The summed E-state index contributed by atoms with van der Waals surface area (Å²) < 4.78 is 0. The fourth-order valence-electron chi connectivity index (χ4n) is 3.04. The van der Waals surface area contributed by atoms with Crippen LogP contribution >= 0.6 is 0 Å². The van der Waals surface area contributed by atoms with E-state index in [0.29, 0.717) is 23.0 Å². The fourth-order valence-corrected chi connectivity index (χ4v) is 3.04. The Bertz CT molecular complexity index is 946. The molecule has 3 aromatic rings. The Morgan fingerprint density at radius 2 is 1.92 bits per heavy atom. The van der Waals surface area contributed by atoms with Gasteiger partial charge in [-0.15, -0.1) is 5.10 Å². The van der Waals surface area contributed by atoms with Crippen LogP contribution in [0.2, 0.25) is 0 Å². The molecule has 0 spiro atoms. The van der Waals surface area contributed by atoms with Gasteiger partial charge in [0.25, 0.3) is 5.95 Å². The van der Waals surface area contributed by atoms with E-state index in [1.165, 1.54) is 5.56 Å². The maximum atomic E-state index is 9.22. The van der Waals surface area contributed by atoms with Crippen molar-refractivity contribution in [2.24, 2.45) is 0 Å². The van der Waals surface area contributed by atoms with Crippen LogP contribution in [0.4, 0.5) is 23.1 Å². The number of nitriles is 1. The highest BCUT2D eigenvalue weighted by Crippen LogP contribution is 2.31. The van der Waals surface area contributed by atoms with E-state index in [0.717, 1.165) is 25.1 Å². The third-order valence-corrected chi connectivity index (χ3v) is 4.21. The number of hydrogen-bond donors (Lipinski definition) is 1. The number of nitrogens with zero attached hydrogens (tertiary/aromatic N) is 5. The van der Waals surface area contributed by atoms with Crippen LogP contribution in [-0.2, 0) is 6.42 Å². The summed E-state index contributed by atoms with van der Waals surface area (Å²) in [6.45, 7) is 0.858. The van der Waals surface area contributed by atoms with Gasteiger partial charge >= 0.3 is 0 Å². The molecule has 122 valence electrons. The molecule has 2 heterocycles. The molecule has 0 saturated heterocycles. The number of rotatable bonds is 3. The summed E-state index contributed by atoms with van der Waals surface area (Å²) in [5.74, 6) is 1.13. The molecule has 0 radical (unpaired) electrons. The Morgan fingerprint density at radius 1 is 1.08 bits per heavy atom. The summed E-state index contributed by atoms with van der Waals surface area (Å²) in [4.78, 5) is 6.69. The topological polar surface area (TPSA) is 77.7 Å². The highest BCUT2D eigenvalue weighted by atomic mass is 15.3. The molecule has 0 atom stereocenters. The quantitative estimate of drug-likeness (QED) is 0.792. The van der Waals surface area contributed by atoms with Crippen LogP contribution in [0, 0.1) is 11.3 Å². The van der Waals surface area contributed by atoms with Gasteiger partial charge in [-0.25, -0.2) is 0 Å². The van der Waals surface area contributed by atoms with Gasteiger partial charge in [-0.1, -0.05) is 30.3 Å². The van der Waals surface area contributed by atoms with Crippen molar-refractivity contribution in [3.63, 3.8) is 0 Å². The van der Waals surface area contributed by atoms with Crippen LogP contribution in [0.3, 0.4) is 0 Å². The first kappa shape index (κ1) is 15.1. The third-order valence-electron chi connectivity index (χ3n) is 4.21. The van der Waals surface area contributed by atoms with Gasteiger partial charge in [-0.3, -0.25) is 0 Å². The molecule has 0 fully saturated rings. The van der Waals surface area contributed by atoms with Gasteiger partial charge in [0.1, 0.15) is 6.07 Å². The number of hydrogen-bond acceptors (Lipinski definition) is 6. The average molecular weight is 328 g/mol. The standard InChI is InChI=1S/C19H16N6/c20-12-15-7-1-3-9-16(15)22-18-13-21-24-19(23-18)25-11-5-8-14-6-2-4-10-17(14)25/h1-4,6-7,9-10,13H,5,8,11H2,(H,22,23,24). The maximum absolute atomic E-state index is 9.22. The molecule has 0 aliphatic carbocycles. The Morgan fingerprint density at radius 3 is 2.84 bits per heavy atom. The van der Waals surface area contributed by atoms with Crippen LogP contribution in [0.15, 0.2) is 54.7 Å². The molecule has 0 unspecified atom stereocenters. The van der Waals surface area contributed by atoms with E-state index in [1.54, 1.807) is 12.3 Å². The van der Waals surface area contributed by atoms with Crippen molar-refractivity contribution in [2.75, 3.05) is 16.8 Å². The lowest BCUT2D eigenvalue weighted by atomic mass is 10.0. The van der Waals surface area contributed by atoms with Crippen molar-refractivity contribution in [1.29, 1.82) is 5.26 Å². The molecule has 1 aromatic heterocycles. The Balaban J connectivity index is 1.66. The van der Waals surface area contributed by atoms with Crippen molar-refractivity contribution in [3.8, 4) is 6.07 Å². The van der Waals surface area contributed by atoms with Gasteiger partial charge in [-0.05, 0) is 36.6 Å². The number of nitrogens with one attached hydrogen (secondary N) is 1. The van der Waals surface area contributed by atoms with E-state index in [9.17, 15) is 5.26 Å². The van der Waals surface area contributed by atoms with Crippen molar-refractivity contribution < 1.29 is 0 Å². The van der Waals surface area contributed by atoms with Crippen LogP contribution in [0.1, 0.15) is 17.5 Å². The molecule has 0 bridgehead atoms. The van der Waals surface area contributed by atoms with Crippen molar-refractivity contribution in [1.82, 2.24) is 15.2 Å². The van der Waals surface area contributed by atoms with Crippen molar-refractivity contribution >= 4 is 23.1 Å². The summed E-state index contributed by atoms with van der Waals surface area (Å²) in [6.07, 6.45) is 3.68. The Hall–Kier alpha value is -3.46. The predicted octanol–water partition coefficient (Wildman–Crippen LogP) is 3.57. The zero-order chi connectivity index (χ0) is 17.1. The van der Waals surface area contributed by atoms with Gasteiger partial charge in [0.2, 0.25) is 0 Å². The third kappa shape index (κ3) is 3.00. The summed E-state index contributed by atoms with van der Waals surface area (Å²) in [7, 11) is 0. The summed E-state index contributed by atoms with van der Waals surface area (Å²) >= 11 is 0. The molecular weight excluding hydrogens is 312 g/mol. The van der Waals surface area contributed by atoms with Crippen molar-refractivity contribution in [2.45, 2.75) is 12.8 Å². The molecule has 1 aliphatic heterocycles. The lowest BCUT2D eigenvalue weighted by molar-refractivity contribution is 0.742. The van der Waals surface area contributed by atoms with Crippen LogP contribution in [0.5, 0.6) is 0 Å². The van der Waals surface area contributed by atoms with E-state index in [4.69, 9.17) is 0 Å². The first-order chi connectivity index (χ1) is 12.3. The van der Waals surface area contributed by atoms with Gasteiger partial charge in [0, 0.05) is 12.2 Å². The summed E-state index contributed by atoms with van der Waals surface area (Å²) in [6, 6.07) is 17.8. The van der Waals surface area contributed by atoms with E-state index >= 15 is 0 Å². The zero-order valence-electron chi connectivity index (χ0n) is 13.6. The first-order valence-corrected chi connectivity index (χ1v) is 8.16. The van der Waals surface area contributed by atoms with Gasteiger partial charge < -0.3 is 10.2 Å². The molecule has 25 heavy (non-hydrogen) atoms. The largest absolute Gasteiger partial charge is 0.338 e. The second-order valence-electron chi connectivity index (χ2n) is 5.81. The molecule has 4 rings (SSSR count). The van der Waals surface area contributed by atoms with E-state index in [1.807, 2.05) is 24.3 Å². The Kier molecular flexibility index (Phi) is 3.97. The number of aromatic nitrogens is 3. The fraction of sp³-hybridized carbons (Fsp3) is 0.158. The number of aryl methyl sites for hydroxylation is 1. The minimum absolute atomic E-state index is 0.561. The van der Waals surface area contributed by atoms with Gasteiger partial charge in [-0.2, -0.15) is 15.3 Å². The van der Waals surface area contributed by atoms with Crippen LogP contribution < -0.4 is 10.2 Å². The number of para-hydroxylation sites is 2. The molecule has 6 nitrogen and oxygen atoms in total. The SMILES string of the molecule is N#Cc1ccccc1Nc1cnnc(N2CCCc3ccccc32)n1. The first-order valence-electron chi connectivity index (χ1n) is 8.16. The Labute approximate surface area is 145 Å². The number of fused-ring (bicyclic) bond motifs is 1. The van der Waals surface area contributed by atoms with E-state index in [-0.39, 0.29) is 0 Å². The second-order valence-corrected chi connectivity index (χ2v) is 5.81. The second kappa shape index (κ2) is 6.57. The van der Waals surface area contributed by atoms with Crippen LogP contribution in [0.25, 0.3) is 0 Å². The number of anilines is 4. The van der Waals surface area contributed by atoms with Gasteiger partial charge in [0.15, 0.2) is 5.82 Å². The molecule has 2 aromatic carbocycles. The maximum Gasteiger partial charge on any atom is 0.251 e. The molecule has 6 heteroatoms. The van der Waals surface area contributed by atoms with Crippen molar-refractivity contribution in [3.05, 3.63) is 65.9 Å². The minimum atomic E-state index is 0.561. The molecule has 0 amide bonds. The van der Waals surface area contributed by atoms with Gasteiger partial charge in [0.05, 0.1) is 17.4 Å². The molecule has 0 saturated carbocycles. The average Bonchev–Trinajstić information content (AvgIpc) is 2.68. The minimum Gasteiger partial charge on any atom is -0.338 e.